The first-order valence-electron chi connectivity index (χ1n) is 8.15. The lowest BCUT2D eigenvalue weighted by Crippen LogP contribution is -2.25. The molecule has 29 heavy (non-hydrogen) atoms. The van der Waals surface area contributed by atoms with Crippen LogP contribution in [0.15, 0.2) is 12.1 Å². The fourth-order valence-electron chi connectivity index (χ4n) is 2.43. The van der Waals surface area contributed by atoms with E-state index in [4.69, 9.17) is 0 Å². The lowest BCUT2D eigenvalue weighted by atomic mass is 10.1. The second kappa shape index (κ2) is 7.86. The molecule has 1 N–H and O–H groups in total. The number of carbonyl (C=O) groups excluding carboxylic acids is 1. The summed E-state index contributed by atoms with van der Waals surface area (Å²) in [6, 6.07) is 1.82. The van der Waals surface area contributed by atoms with E-state index < -0.39 is 17.8 Å². The Morgan fingerprint density at radius 1 is 1.10 bits per heavy atom. The summed E-state index contributed by atoms with van der Waals surface area (Å²) >= 11 is 0. The van der Waals surface area contributed by atoms with Gasteiger partial charge in [-0.2, -0.15) is 13.2 Å². The smallest absolute Gasteiger partial charge is 0.293 e. The lowest BCUT2D eigenvalue weighted by molar-refractivity contribution is -0.141. The zero-order valence-electron chi connectivity index (χ0n) is 15.6. The van der Waals surface area contributed by atoms with Gasteiger partial charge in [-0.15, -0.1) is 5.10 Å². The van der Waals surface area contributed by atoms with Gasteiger partial charge in [-0.3, -0.25) is 15.0 Å². The van der Waals surface area contributed by atoms with Gasteiger partial charge in [0.25, 0.3) is 5.91 Å². The fraction of sp³-hybridized carbons (Fsp3) is 0.429. The molecule has 0 saturated heterocycles. The van der Waals surface area contributed by atoms with Crippen molar-refractivity contribution in [1.29, 1.82) is 0 Å². The van der Waals surface area contributed by atoms with Crippen molar-refractivity contribution in [2.24, 2.45) is 14.1 Å². The molecule has 0 aliphatic carbocycles. The maximum Gasteiger partial charge on any atom is 0.433 e. The Kier molecular flexibility index (Phi) is 5.49. The van der Waals surface area contributed by atoms with Crippen LogP contribution >= 0.6 is 0 Å². The maximum atomic E-state index is 13.1. The number of amides is 1. The van der Waals surface area contributed by atoms with Gasteiger partial charge in [0.05, 0.1) is 17.8 Å². The van der Waals surface area contributed by atoms with Crippen LogP contribution < -0.4 is 5.32 Å². The van der Waals surface area contributed by atoms with Crippen LogP contribution in [0.2, 0.25) is 0 Å². The van der Waals surface area contributed by atoms with Gasteiger partial charge in [0.1, 0.15) is 5.69 Å². The average molecular weight is 411 g/mol. The molecule has 154 valence electrons. The second-order valence-corrected chi connectivity index (χ2v) is 6.16. The van der Waals surface area contributed by atoms with Gasteiger partial charge in [-0.25, -0.2) is 14.3 Å². The van der Waals surface area contributed by atoms with Crippen molar-refractivity contribution in [3.05, 3.63) is 34.9 Å². The lowest BCUT2D eigenvalue weighted by Gasteiger charge is -2.18. The highest BCUT2D eigenvalue weighted by Gasteiger charge is 2.33. The number of halogens is 3. The van der Waals surface area contributed by atoms with E-state index in [0.29, 0.717) is 5.82 Å². The Morgan fingerprint density at radius 2 is 1.79 bits per heavy atom. The number of nitrogens with one attached hydrogen (secondary N) is 1. The molecule has 0 bridgehead atoms. The number of anilines is 1. The molecule has 12 nitrogen and oxygen atoms in total. The van der Waals surface area contributed by atoms with Gasteiger partial charge < -0.3 is 0 Å². The van der Waals surface area contributed by atoms with E-state index in [0.717, 1.165) is 12.1 Å². The number of nitrogens with zero attached hydrogens (tertiary/aromatic N) is 10. The molecule has 1 amide bonds. The van der Waals surface area contributed by atoms with Gasteiger partial charge in [0.2, 0.25) is 5.95 Å². The summed E-state index contributed by atoms with van der Waals surface area (Å²) in [5, 5.41) is 24.1. The maximum absolute atomic E-state index is 13.1. The van der Waals surface area contributed by atoms with E-state index in [1.165, 1.54) is 16.4 Å². The highest BCUT2D eigenvalue weighted by molar-refractivity contribution is 6.04. The normalized spacial score (nSPS) is 11.8. The molecule has 3 aromatic rings. The van der Waals surface area contributed by atoms with Crippen molar-refractivity contribution >= 4 is 11.9 Å². The summed E-state index contributed by atoms with van der Waals surface area (Å²) in [6.07, 6.45) is -4.65. The zero-order valence-corrected chi connectivity index (χ0v) is 15.6. The molecule has 0 aromatic carbocycles. The Hall–Kier alpha value is -3.49. The van der Waals surface area contributed by atoms with Crippen molar-refractivity contribution in [3.63, 3.8) is 0 Å². The first-order valence-corrected chi connectivity index (χ1v) is 8.15. The van der Waals surface area contributed by atoms with Crippen LogP contribution in [0.4, 0.5) is 19.1 Å². The van der Waals surface area contributed by atoms with Gasteiger partial charge in [0, 0.05) is 20.6 Å². The Balaban J connectivity index is 1.88. The van der Waals surface area contributed by atoms with Crippen LogP contribution in [0.5, 0.6) is 0 Å². The number of aromatic nitrogens is 9. The summed E-state index contributed by atoms with van der Waals surface area (Å²) in [5.74, 6) is -0.150. The van der Waals surface area contributed by atoms with E-state index >= 15 is 0 Å². The van der Waals surface area contributed by atoms with Crippen LogP contribution in [-0.4, -0.2) is 63.3 Å². The third-order valence-corrected chi connectivity index (χ3v) is 3.89. The van der Waals surface area contributed by atoms with Crippen molar-refractivity contribution in [2.45, 2.75) is 19.3 Å². The molecule has 15 heteroatoms. The van der Waals surface area contributed by atoms with E-state index in [1.807, 2.05) is 0 Å². The largest absolute Gasteiger partial charge is 0.433 e. The number of alkyl halides is 3. The molecule has 0 aliphatic rings. The topological polar surface area (TPSA) is 132 Å². The quantitative estimate of drug-likeness (QED) is 0.596. The molecule has 3 heterocycles. The molecular weight excluding hydrogens is 395 g/mol. The highest BCUT2D eigenvalue weighted by Crippen LogP contribution is 2.28. The third-order valence-electron chi connectivity index (χ3n) is 3.89. The van der Waals surface area contributed by atoms with E-state index in [9.17, 15) is 18.0 Å². The van der Waals surface area contributed by atoms with Gasteiger partial charge in [-0.1, -0.05) is 5.10 Å². The van der Waals surface area contributed by atoms with Crippen molar-refractivity contribution in [2.75, 3.05) is 12.4 Å². The zero-order chi connectivity index (χ0) is 21.2. The van der Waals surface area contributed by atoms with Gasteiger partial charge >= 0.3 is 6.18 Å². The number of pyridine rings is 1. The first kappa shape index (κ1) is 20.2. The SMILES string of the molecule is CN(Cc1nc(C(F)(F)F)ccc1C(=O)Nc1nnnn1C)Cc1nnnn1C. The number of hydrogen-bond acceptors (Lipinski definition) is 9. The molecule has 3 rings (SSSR count). The molecule has 0 radical (unpaired) electrons. The Morgan fingerprint density at radius 3 is 2.38 bits per heavy atom. The van der Waals surface area contributed by atoms with Crippen LogP contribution in [0.3, 0.4) is 0 Å². The average Bonchev–Trinajstić information content (AvgIpc) is 3.22. The van der Waals surface area contributed by atoms with E-state index in [1.54, 1.807) is 19.0 Å². The highest BCUT2D eigenvalue weighted by atomic mass is 19.4. The second-order valence-electron chi connectivity index (χ2n) is 6.16. The van der Waals surface area contributed by atoms with Crippen molar-refractivity contribution < 1.29 is 18.0 Å². The molecule has 0 fully saturated rings. The molecule has 0 saturated carbocycles. The number of aryl methyl sites for hydroxylation is 2. The molecule has 0 atom stereocenters. The number of rotatable bonds is 6. The summed E-state index contributed by atoms with van der Waals surface area (Å²) in [4.78, 5) is 17.9. The van der Waals surface area contributed by atoms with Crippen LogP contribution in [-0.2, 0) is 33.4 Å². The minimum absolute atomic E-state index is 0.0380. The monoisotopic (exact) mass is 411 g/mol. The standard InChI is InChI=1S/C14H16F3N11O/c1-26(7-11-20-22-24-27(11)2)6-9-8(4-5-10(18-9)14(15,16)17)12(29)19-13-21-23-25-28(13)3/h4-5H,6-7H2,1-3H3,(H,19,21,25,29). The number of tetrazole rings is 2. The summed E-state index contributed by atoms with van der Waals surface area (Å²) < 4.78 is 42.0. The van der Waals surface area contributed by atoms with Crippen molar-refractivity contribution in [1.82, 2.24) is 50.3 Å². The van der Waals surface area contributed by atoms with Crippen LogP contribution in [0.25, 0.3) is 0 Å². The van der Waals surface area contributed by atoms with Crippen molar-refractivity contribution in [3.8, 4) is 0 Å². The minimum Gasteiger partial charge on any atom is -0.293 e. The molecule has 0 spiro atoms. The molecule has 3 aromatic heterocycles. The number of carbonyl (C=O) groups is 1. The van der Waals surface area contributed by atoms with Crippen LogP contribution in [0.1, 0.15) is 27.6 Å². The summed E-state index contributed by atoms with van der Waals surface area (Å²) in [6.45, 7) is 0.173. The first-order chi connectivity index (χ1) is 13.6. The third kappa shape index (κ3) is 4.68. The Bertz CT molecular complexity index is 1010. The molecule has 0 aliphatic heterocycles. The van der Waals surface area contributed by atoms with Gasteiger partial charge in [-0.05, 0) is 40.0 Å². The van der Waals surface area contributed by atoms with Crippen LogP contribution in [0, 0.1) is 0 Å². The summed E-state index contributed by atoms with van der Waals surface area (Å²) in [7, 11) is 4.79. The predicted molar refractivity (Wildman–Crippen MR) is 90.0 cm³/mol. The molecule has 0 unspecified atom stereocenters. The summed E-state index contributed by atoms with van der Waals surface area (Å²) in [5.41, 5.74) is -1.20. The molecular formula is C14H16F3N11O. The number of hydrogen-bond donors (Lipinski definition) is 1. The van der Waals surface area contributed by atoms with E-state index in [2.05, 4.69) is 41.4 Å². The minimum atomic E-state index is -4.65. The predicted octanol–water partition coefficient (Wildman–Crippen LogP) is 0.0317. The Labute approximate surface area is 161 Å². The van der Waals surface area contributed by atoms with Gasteiger partial charge in [0.15, 0.2) is 5.82 Å². The fourth-order valence-corrected chi connectivity index (χ4v) is 2.43. The van der Waals surface area contributed by atoms with E-state index in [-0.39, 0.29) is 30.3 Å².